The van der Waals surface area contributed by atoms with Gasteiger partial charge in [-0.15, -0.1) is 0 Å². The molecule has 1 aromatic rings. The molecule has 222 valence electrons. The highest BCUT2D eigenvalue weighted by Gasteiger charge is 2.43. The molecule has 3 aliphatic rings. The predicted octanol–water partition coefficient (Wildman–Crippen LogP) is 3.42. The smallest absolute Gasteiger partial charge is 0.342 e. The maximum Gasteiger partial charge on any atom is 0.342 e. The summed E-state index contributed by atoms with van der Waals surface area (Å²) >= 11 is 0. The van der Waals surface area contributed by atoms with Crippen LogP contribution >= 0.6 is 0 Å². The Kier molecular flexibility index (Phi) is 10.6. The third kappa shape index (κ3) is 8.05. The summed E-state index contributed by atoms with van der Waals surface area (Å²) in [6.45, 7) is 11.8. The molecule has 4 rings (SSSR count). The number of nitrogens with zero attached hydrogens (tertiary/aromatic N) is 1. The molecular weight excluding hydrogens is 518 g/mol. The zero-order valence-electron chi connectivity index (χ0n) is 24.2. The van der Waals surface area contributed by atoms with E-state index in [1.807, 2.05) is 52.0 Å². The highest BCUT2D eigenvalue weighted by atomic mass is 16.8. The Morgan fingerprint density at radius 3 is 2.62 bits per heavy atom. The van der Waals surface area contributed by atoms with E-state index < -0.39 is 30.1 Å². The Balaban J connectivity index is 1.66. The van der Waals surface area contributed by atoms with Crippen molar-refractivity contribution >= 4 is 12.0 Å². The second-order valence-corrected chi connectivity index (χ2v) is 10.9. The number of hydrogen-bond acceptors (Lipinski definition) is 10. The molecule has 0 saturated carbocycles. The number of methoxy groups -OCH3 is 1. The molecule has 2 unspecified atom stereocenters. The number of carbonyl (C=O) groups excluding carboxylic acids is 1. The van der Waals surface area contributed by atoms with Crippen LogP contribution in [0, 0.1) is 5.92 Å². The average Bonchev–Trinajstić information content (AvgIpc) is 3.24. The van der Waals surface area contributed by atoms with E-state index in [0.29, 0.717) is 30.1 Å². The molecule has 2 fully saturated rings. The van der Waals surface area contributed by atoms with Crippen molar-refractivity contribution in [1.29, 1.82) is 0 Å². The van der Waals surface area contributed by atoms with Crippen LogP contribution in [0.15, 0.2) is 30.4 Å². The zero-order chi connectivity index (χ0) is 28.7. The van der Waals surface area contributed by atoms with Crippen LogP contribution in [-0.4, -0.2) is 99.5 Å². The number of benzene rings is 1. The van der Waals surface area contributed by atoms with Gasteiger partial charge in [-0.2, -0.15) is 0 Å². The first kappa shape index (κ1) is 30.5. The molecule has 3 heterocycles. The molecule has 2 saturated heterocycles. The van der Waals surface area contributed by atoms with E-state index in [2.05, 4.69) is 4.90 Å². The first-order valence-corrected chi connectivity index (χ1v) is 14.0. The van der Waals surface area contributed by atoms with Gasteiger partial charge in [0.15, 0.2) is 12.6 Å². The summed E-state index contributed by atoms with van der Waals surface area (Å²) in [5.41, 5.74) is 0.872. The van der Waals surface area contributed by atoms with E-state index in [0.717, 1.165) is 32.8 Å². The number of morpholine rings is 1. The summed E-state index contributed by atoms with van der Waals surface area (Å²) in [5, 5.41) is 10.9. The number of carbonyl (C=O) groups is 1. The van der Waals surface area contributed by atoms with Crippen molar-refractivity contribution < 1.29 is 43.1 Å². The van der Waals surface area contributed by atoms with Crippen LogP contribution < -0.4 is 9.47 Å². The quantitative estimate of drug-likeness (QED) is 0.303. The molecule has 5 atom stereocenters. The standard InChI is InChI=1S/C30H43NO9/c1-20-9-10-24(32)28-25(39-30(3,4)40-28)8-6-7-22-17-23(36-16-13-31-11-14-35-15-12-31)18-26(37-19-34-5)27(22)29(33)38-21(20)2/h6-7,9-10,17-18,20-21,24-25,28,32H,8,11-16,19H2,1-5H3/b7-6?,10-9-/t20-,21+,24?,25+,28?/m1/s1. The number of ether oxygens (including phenoxy) is 7. The largest absolute Gasteiger partial charge is 0.492 e. The summed E-state index contributed by atoms with van der Waals surface area (Å²) in [6, 6.07) is 3.51. The number of cyclic esters (lactones) is 1. The lowest BCUT2D eigenvalue weighted by molar-refractivity contribution is -0.152. The monoisotopic (exact) mass is 561 g/mol. The normalized spacial score (nSPS) is 30.1. The SMILES string of the molecule is COCOc1cc(OCCN2CCOCC2)cc2c1C(=O)O[C@@H](C)[C@H](C)/C=C\C(O)C1OC(C)(C)O[C@H]1CC=C2. The van der Waals surface area contributed by atoms with Gasteiger partial charge in [-0.1, -0.05) is 31.2 Å². The Labute approximate surface area is 236 Å². The number of aliphatic hydroxyl groups excluding tert-OH is 1. The van der Waals surface area contributed by atoms with E-state index in [-0.39, 0.29) is 24.4 Å². The summed E-state index contributed by atoms with van der Waals surface area (Å²) in [4.78, 5) is 15.8. The first-order valence-electron chi connectivity index (χ1n) is 14.0. The Bertz CT molecular complexity index is 1050. The van der Waals surface area contributed by atoms with Gasteiger partial charge >= 0.3 is 5.97 Å². The molecule has 1 aromatic carbocycles. The summed E-state index contributed by atoms with van der Waals surface area (Å²) in [5.74, 6) is -0.635. The van der Waals surface area contributed by atoms with E-state index in [4.69, 9.17) is 33.2 Å². The van der Waals surface area contributed by atoms with Gasteiger partial charge in [-0.3, -0.25) is 4.90 Å². The average molecular weight is 562 g/mol. The minimum Gasteiger partial charge on any atom is -0.492 e. The third-order valence-electron chi connectivity index (χ3n) is 7.29. The Hall–Kier alpha value is -2.47. The maximum absolute atomic E-state index is 13.5. The maximum atomic E-state index is 13.5. The summed E-state index contributed by atoms with van der Waals surface area (Å²) in [7, 11) is 1.52. The molecule has 10 heteroatoms. The van der Waals surface area contributed by atoms with Crippen molar-refractivity contribution in [3.63, 3.8) is 0 Å². The fourth-order valence-electron chi connectivity index (χ4n) is 4.95. The van der Waals surface area contributed by atoms with Crippen LogP contribution in [0.4, 0.5) is 0 Å². The second-order valence-electron chi connectivity index (χ2n) is 10.9. The van der Waals surface area contributed by atoms with Gasteiger partial charge in [0.25, 0.3) is 0 Å². The summed E-state index contributed by atoms with van der Waals surface area (Å²) < 4.78 is 40.5. The van der Waals surface area contributed by atoms with Crippen LogP contribution in [0.2, 0.25) is 0 Å². The van der Waals surface area contributed by atoms with E-state index in [9.17, 15) is 9.90 Å². The Morgan fingerprint density at radius 1 is 1.10 bits per heavy atom. The molecule has 0 spiro atoms. The third-order valence-corrected chi connectivity index (χ3v) is 7.29. The van der Waals surface area contributed by atoms with Crippen LogP contribution in [0.25, 0.3) is 6.08 Å². The van der Waals surface area contributed by atoms with Crippen molar-refractivity contribution in [3.05, 3.63) is 41.5 Å². The van der Waals surface area contributed by atoms with Crippen LogP contribution in [0.3, 0.4) is 0 Å². The highest BCUT2D eigenvalue weighted by molar-refractivity contribution is 5.97. The molecule has 40 heavy (non-hydrogen) atoms. The highest BCUT2D eigenvalue weighted by Crippen LogP contribution is 2.35. The van der Waals surface area contributed by atoms with Crippen molar-refractivity contribution in [1.82, 2.24) is 4.90 Å². The molecule has 10 nitrogen and oxygen atoms in total. The number of rotatable bonds is 7. The molecule has 0 amide bonds. The van der Waals surface area contributed by atoms with Gasteiger partial charge in [-0.05, 0) is 38.8 Å². The fraction of sp³-hybridized carbons (Fsp3) is 0.633. The topological polar surface area (TPSA) is 105 Å². The fourth-order valence-corrected chi connectivity index (χ4v) is 4.95. The van der Waals surface area contributed by atoms with E-state index >= 15 is 0 Å². The summed E-state index contributed by atoms with van der Waals surface area (Å²) in [6.07, 6.45) is 5.45. The van der Waals surface area contributed by atoms with Crippen LogP contribution in [0.5, 0.6) is 11.5 Å². The van der Waals surface area contributed by atoms with Gasteiger partial charge in [0.2, 0.25) is 0 Å². The molecular formula is C30H43NO9. The van der Waals surface area contributed by atoms with Gasteiger partial charge < -0.3 is 38.3 Å². The lowest BCUT2D eigenvalue weighted by Gasteiger charge is -2.26. The van der Waals surface area contributed by atoms with Gasteiger partial charge in [0, 0.05) is 38.7 Å². The minimum absolute atomic E-state index is 0.0444. The Morgan fingerprint density at radius 2 is 1.88 bits per heavy atom. The van der Waals surface area contributed by atoms with E-state index in [1.165, 1.54) is 7.11 Å². The van der Waals surface area contributed by atoms with Crippen molar-refractivity contribution in [2.45, 2.75) is 64.3 Å². The minimum atomic E-state index is -0.874. The van der Waals surface area contributed by atoms with E-state index in [1.54, 1.807) is 12.1 Å². The van der Waals surface area contributed by atoms with Gasteiger partial charge in [0.05, 0.1) is 19.3 Å². The van der Waals surface area contributed by atoms with Gasteiger partial charge in [0.1, 0.15) is 42.0 Å². The van der Waals surface area contributed by atoms with Crippen molar-refractivity contribution in [3.8, 4) is 11.5 Å². The molecule has 0 bridgehead atoms. The van der Waals surface area contributed by atoms with Gasteiger partial charge in [-0.25, -0.2) is 4.79 Å². The number of esters is 1. The number of hydrogen-bond donors (Lipinski definition) is 1. The van der Waals surface area contributed by atoms with Crippen molar-refractivity contribution in [2.24, 2.45) is 5.92 Å². The van der Waals surface area contributed by atoms with Crippen LogP contribution in [0.1, 0.15) is 50.0 Å². The molecule has 3 aliphatic heterocycles. The first-order chi connectivity index (χ1) is 19.2. The lowest BCUT2D eigenvalue weighted by atomic mass is 9.99. The van der Waals surface area contributed by atoms with Crippen molar-refractivity contribution in [2.75, 3.05) is 53.4 Å². The number of aliphatic hydroxyl groups is 1. The van der Waals surface area contributed by atoms with Crippen LogP contribution in [-0.2, 0) is 23.7 Å². The number of fused-ring (bicyclic) bond motifs is 2. The lowest BCUT2D eigenvalue weighted by Crippen LogP contribution is -2.38. The molecule has 0 radical (unpaired) electrons. The molecule has 1 N–H and O–H groups in total. The zero-order valence-corrected chi connectivity index (χ0v) is 24.2. The predicted molar refractivity (Wildman–Crippen MR) is 148 cm³/mol. The molecule has 0 aromatic heterocycles. The second kappa shape index (κ2) is 13.9. The molecule has 0 aliphatic carbocycles.